The van der Waals surface area contributed by atoms with E-state index in [-0.39, 0.29) is 30.8 Å². The molecule has 0 radical (unpaired) electrons. The van der Waals surface area contributed by atoms with E-state index in [9.17, 15) is 18.3 Å². The van der Waals surface area contributed by atoms with Gasteiger partial charge in [-0.25, -0.2) is 8.42 Å². The summed E-state index contributed by atoms with van der Waals surface area (Å²) in [5.74, 6) is 0.0777. The number of hydrogen-bond acceptors (Lipinski definition) is 6. The van der Waals surface area contributed by atoms with Crippen molar-refractivity contribution < 1.29 is 23.1 Å². The van der Waals surface area contributed by atoms with Crippen LogP contribution in [0.15, 0.2) is 83.8 Å². The predicted octanol–water partition coefficient (Wildman–Crippen LogP) is 2.98. The second-order valence-electron chi connectivity index (χ2n) is 8.59. The summed E-state index contributed by atoms with van der Waals surface area (Å²) in [7, 11) is -2.51. The van der Waals surface area contributed by atoms with E-state index in [1.807, 2.05) is 54.6 Å². The number of ether oxygens (including phenoxy) is 1. The van der Waals surface area contributed by atoms with Gasteiger partial charge in [0.05, 0.1) is 24.2 Å². The molecule has 3 aromatic rings. The third kappa shape index (κ3) is 8.28. The van der Waals surface area contributed by atoms with Gasteiger partial charge in [-0.1, -0.05) is 54.1 Å². The molecule has 0 aliphatic carbocycles. The van der Waals surface area contributed by atoms with Gasteiger partial charge in [-0.05, 0) is 53.9 Å². The molecule has 0 aliphatic heterocycles. The third-order valence-corrected chi connectivity index (χ3v) is 8.11. The number of amides is 1. The van der Waals surface area contributed by atoms with Crippen molar-refractivity contribution in [2.75, 3.05) is 20.2 Å². The Morgan fingerprint density at radius 2 is 1.73 bits per heavy atom. The van der Waals surface area contributed by atoms with Crippen molar-refractivity contribution in [2.24, 2.45) is 5.73 Å². The molecule has 0 aromatic heterocycles. The summed E-state index contributed by atoms with van der Waals surface area (Å²) in [6.45, 7) is 0.375. The van der Waals surface area contributed by atoms with Crippen molar-refractivity contribution in [1.82, 2.24) is 9.62 Å². The van der Waals surface area contributed by atoms with Crippen LogP contribution < -0.4 is 15.8 Å². The maximum absolute atomic E-state index is 13.7. The second kappa shape index (κ2) is 13.6. The van der Waals surface area contributed by atoms with Crippen LogP contribution in [0.5, 0.6) is 5.75 Å². The van der Waals surface area contributed by atoms with E-state index in [0.29, 0.717) is 17.3 Å². The smallest absolute Gasteiger partial charge is 0.243 e. The Bertz CT molecular complexity index is 1260. The molecule has 198 valence electrons. The average Bonchev–Trinajstić information content (AvgIpc) is 2.88. The summed E-state index contributed by atoms with van der Waals surface area (Å²) >= 11 is 5.97. The minimum atomic E-state index is -4.10. The normalized spacial score (nSPS) is 13.3. The SMILES string of the molecule is COc1cccc(CNC[C@@H](O)[C@H](Cc2ccccc2)N(CCC(N)=O)S(=O)(=O)c2ccc(Cl)cc2)c1. The zero-order valence-corrected chi connectivity index (χ0v) is 22.2. The number of carbonyl (C=O) groups is 1. The summed E-state index contributed by atoms with van der Waals surface area (Å²) in [5.41, 5.74) is 7.17. The Labute approximate surface area is 223 Å². The minimum Gasteiger partial charge on any atom is -0.497 e. The Morgan fingerprint density at radius 1 is 1.05 bits per heavy atom. The van der Waals surface area contributed by atoms with Gasteiger partial charge in [0.2, 0.25) is 15.9 Å². The van der Waals surface area contributed by atoms with Crippen molar-refractivity contribution >= 4 is 27.5 Å². The number of halogens is 1. The molecule has 0 unspecified atom stereocenters. The summed E-state index contributed by atoms with van der Waals surface area (Å²) < 4.78 is 33.9. The molecule has 0 spiro atoms. The van der Waals surface area contributed by atoms with Gasteiger partial charge >= 0.3 is 0 Å². The molecule has 0 fully saturated rings. The fourth-order valence-corrected chi connectivity index (χ4v) is 5.77. The summed E-state index contributed by atoms with van der Waals surface area (Å²) in [6, 6.07) is 21.7. The van der Waals surface area contributed by atoms with Gasteiger partial charge < -0.3 is 20.9 Å². The van der Waals surface area contributed by atoms with E-state index in [0.717, 1.165) is 11.1 Å². The number of aliphatic hydroxyl groups excluding tert-OH is 1. The molecule has 1 amide bonds. The molecule has 3 aromatic carbocycles. The van der Waals surface area contributed by atoms with Crippen LogP contribution in [0.3, 0.4) is 0 Å². The summed E-state index contributed by atoms with van der Waals surface area (Å²) in [5, 5.41) is 14.9. The Balaban J connectivity index is 1.89. The van der Waals surface area contributed by atoms with E-state index in [2.05, 4.69) is 5.32 Å². The van der Waals surface area contributed by atoms with E-state index < -0.39 is 28.1 Å². The second-order valence-corrected chi connectivity index (χ2v) is 10.9. The third-order valence-electron chi connectivity index (χ3n) is 5.92. The number of aliphatic hydroxyl groups is 1. The molecule has 0 saturated carbocycles. The number of methoxy groups -OCH3 is 1. The lowest BCUT2D eigenvalue weighted by atomic mass is 10.0. The maximum Gasteiger partial charge on any atom is 0.243 e. The van der Waals surface area contributed by atoms with Crippen LogP contribution in [-0.4, -0.2) is 56.1 Å². The maximum atomic E-state index is 13.7. The first-order chi connectivity index (χ1) is 17.7. The van der Waals surface area contributed by atoms with Crippen molar-refractivity contribution in [3.8, 4) is 5.75 Å². The summed E-state index contributed by atoms with van der Waals surface area (Å²) in [4.78, 5) is 11.7. The number of hydrogen-bond donors (Lipinski definition) is 3. The number of nitrogens with one attached hydrogen (secondary N) is 1. The zero-order chi connectivity index (χ0) is 26.8. The molecule has 0 bridgehead atoms. The number of nitrogens with zero attached hydrogens (tertiary/aromatic N) is 1. The van der Waals surface area contributed by atoms with E-state index in [4.69, 9.17) is 22.1 Å². The molecule has 0 heterocycles. The number of rotatable bonds is 14. The first-order valence-corrected chi connectivity index (χ1v) is 13.6. The number of sulfonamides is 1. The fraction of sp³-hybridized carbons (Fsp3) is 0.296. The van der Waals surface area contributed by atoms with Crippen LogP contribution in [0, 0.1) is 0 Å². The fourth-order valence-electron chi connectivity index (χ4n) is 3.99. The van der Waals surface area contributed by atoms with Gasteiger partial charge in [-0.15, -0.1) is 0 Å². The lowest BCUT2D eigenvalue weighted by Crippen LogP contribution is -2.52. The highest BCUT2D eigenvalue weighted by Crippen LogP contribution is 2.24. The van der Waals surface area contributed by atoms with E-state index >= 15 is 0 Å². The lowest BCUT2D eigenvalue weighted by molar-refractivity contribution is -0.118. The molecular weight excluding hydrogens is 514 g/mol. The van der Waals surface area contributed by atoms with Crippen molar-refractivity contribution in [3.63, 3.8) is 0 Å². The molecule has 2 atom stereocenters. The molecule has 0 saturated heterocycles. The molecular formula is C27H32ClN3O5S. The highest BCUT2D eigenvalue weighted by molar-refractivity contribution is 7.89. The van der Waals surface area contributed by atoms with Crippen LogP contribution in [0.1, 0.15) is 17.5 Å². The first-order valence-electron chi connectivity index (χ1n) is 11.8. The molecule has 37 heavy (non-hydrogen) atoms. The monoisotopic (exact) mass is 545 g/mol. The summed E-state index contributed by atoms with van der Waals surface area (Å²) in [6.07, 6.45) is -1.06. The van der Waals surface area contributed by atoms with Crippen LogP contribution >= 0.6 is 11.6 Å². The Kier molecular flexibility index (Phi) is 10.5. The van der Waals surface area contributed by atoms with Gasteiger partial charge in [0, 0.05) is 31.1 Å². The topological polar surface area (TPSA) is 122 Å². The van der Waals surface area contributed by atoms with Crippen LogP contribution in [-0.2, 0) is 27.8 Å². The van der Waals surface area contributed by atoms with Crippen LogP contribution in [0.25, 0.3) is 0 Å². The van der Waals surface area contributed by atoms with Gasteiger partial charge in [-0.2, -0.15) is 4.31 Å². The zero-order valence-electron chi connectivity index (χ0n) is 20.6. The highest BCUT2D eigenvalue weighted by atomic mass is 35.5. The Morgan fingerprint density at radius 3 is 2.38 bits per heavy atom. The molecule has 10 heteroatoms. The quantitative estimate of drug-likeness (QED) is 0.286. The standard InChI is InChI=1S/C27H32ClN3O5S/c1-36-23-9-5-8-21(16-23)18-30-19-26(32)25(17-20-6-3-2-4-7-20)31(15-14-27(29)33)37(34,35)24-12-10-22(28)11-13-24/h2-13,16,25-26,30,32H,14-15,17-19H2,1H3,(H2,29,33)/t25-,26+/m0/s1. The van der Waals surface area contributed by atoms with E-state index in [1.165, 1.54) is 28.6 Å². The largest absolute Gasteiger partial charge is 0.497 e. The van der Waals surface area contributed by atoms with Crippen molar-refractivity contribution in [2.45, 2.75) is 36.4 Å². The van der Waals surface area contributed by atoms with Gasteiger partial charge in [0.25, 0.3) is 0 Å². The Hall–Kier alpha value is -2.95. The predicted molar refractivity (Wildman–Crippen MR) is 144 cm³/mol. The number of nitrogens with two attached hydrogens (primary N) is 1. The van der Waals surface area contributed by atoms with Gasteiger partial charge in [-0.3, -0.25) is 4.79 Å². The number of primary amides is 1. The van der Waals surface area contributed by atoms with Crippen molar-refractivity contribution in [1.29, 1.82) is 0 Å². The van der Waals surface area contributed by atoms with Crippen LogP contribution in [0.2, 0.25) is 5.02 Å². The molecule has 4 N–H and O–H groups in total. The van der Waals surface area contributed by atoms with Crippen molar-refractivity contribution in [3.05, 3.63) is 95.0 Å². The van der Waals surface area contributed by atoms with Gasteiger partial charge in [0.1, 0.15) is 5.75 Å². The number of carbonyl (C=O) groups excluding carboxylic acids is 1. The van der Waals surface area contributed by atoms with Gasteiger partial charge in [0.15, 0.2) is 0 Å². The molecule has 0 aliphatic rings. The molecule has 3 rings (SSSR count). The first kappa shape index (κ1) is 28.6. The minimum absolute atomic E-state index is 0.0102. The average molecular weight is 546 g/mol. The highest BCUT2D eigenvalue weighted by Gasteiger charge is 2.36. The lowest BCUT2D eigenvalue weighted by Gasteiger charge is -2.34. The molecule has 8 nitrogen and oxygen atoms in total. The number of benzene rings is 3. The van der Waals surface area contributed by atoms with Crippen LogP contribution in [0.4, 0.5) is 0 Å². The van der Waals surface area contributed by atoms with E-state index in [1.54, 1.807) is 7.11 Å².